The van der Waals surface area contributed by atoms with Crippen molar-refractivity contribution in [3.05, 3.63) is 29.3 Å². The Hall–Kier alpha value is -1.06. The molecule has 1 saturated heterocycles. The Balaban J connectivity index is 1.68. The van der Waals surface area contributed by atoms with Crippen LogP contribution in [0.5, 0.6) is 0 Å². The molecule has 0 amide bonds. The van der Waals surface area contributed by atoms with Gasteiger partial charge in [-0.15, -0.1) is 0 Å². The molecule has 1 saturated carbocycles. The molecular weight excluding hydrogens is 246 g/mol. The number of benzene rings is 1. The van der Waals surface area contributed by atoms with Crippen LogP contribution in [0.25, 0.3) is 0 Å². The van der Waals surface area contributed by atoms with E-state index in [1.165, 1.54) is 55.6 Å². The first-order chi connectivity index (χ1) is 9.79. The van der Waals surface area contributed by atoms with Gasteiger partial charge in [0, 0.05) is 44.5 Å². The van der Waals surface area contributed by atoms with Gasteiger partial charge in [0.25, 0.3) is 0 Å². The van der Waals surface area contributed by atoms with Gasteiger partial charge in [0.15, 0.2) is 0 Å². The fourth-order valence-corrected chi connectivity index (χ4v) is 3.92. The van der Waals surface area contributed by atoms with E-state index in [0.29, 0.717) is 6.54 Å². The number of hydrogen-bond acceptors (Lipinski definition) is 3. The minimum atomic E-state index is 0.639. The molecule has 3 nitrogen and oxygen atoms in total. The Labute approximate surface area is 122 Å². The van der Waals surface area contributed by atoms with Crippen molar-refractivity contribution in [3.63, 3.8) is 0 Å². The zero-order valence-electron chi connectivity index (χ0n) is 12.6. The van der Waals surface area contributed by atoms with Gasteiger partial charge in [0.05, 0.1) is 0 Å². The highest BCUT2D eigenvalue weighted by Gasteiger charge is 2.27. The lowest BCUT2D eigenvalue weighted by Gasteiger charge is -2.40. The van der Waals surface area contributed by atoms with Crippen LogP contribution in [0.2, 0.25) is 0 Å². The maximum atomic E-state index is 5.92. The van der Waals surface area contributed by atoms with E-state index in [-0.39, 0.29) is 0 Å². The number of nitrogens with two attached hydrogens (primary N) is 1. The highest BCUT2D eigenvalue weighted by molar-refractivity contribution is 5.59. The molecule has 0 spiro atoms. The average molecular weight is 273 g/mol. The van der Waals surface area contributed by atoms with E-state index in [4.69, 9.17) is 5.73 Å². The van der Waals surface area contributed by atoms with Crippen LogP contribution in [0.15, 0.2) is 18.2 Å². The van der Waals surface area contributed by atoms with Crippen LogP contribution in [0.1, 0.15) is 36.8 Å². The van der Waals surface area contributed by atoms with Gasteiger partial charge < -0.3 is 10.6 Å². The Morgan fingerprint density at radius 2 is 1.80 bits per heavy atom. The Morgan fingerprint density at radius 1 is 1.10 bits per heavy atom. The number of piperazine rings is 1. The Morgan fingerprint density at radius 3 is 2.45 bits per heavy atom. The van der Waals surface area contributed by atoms with Crippen molar-refractivity contribution in [3.8, 4) is 0 Å². The van der Waals surface area contributed by atoms with Crippen LogP contribution in [0.4, 0.5) is 5.69 Å². The number of para-hydroxylation sites is 1. The number of nitrogens with zero attached hydrogens (tertiary/aromatic N) is 2. The van der Waals surface area contributed by atoms with Crippen molar-refractivity contribution >= 4 is 5.69 Å². The monoisotopic (exact) mass is 273 g/mol. The summed E-state index contributed by atoms with van der Waals surface area (Å²) in [4.78, 5) is 5.26. The van der Waals surface area contributed by atoms with Gasteiger partial charge in [-0.1, -0.05) is 31.0 Å². The maximum absolute atomic E-state index is 5.92. The molecule has 1 aromatic rings. The number of aryl methyl sites for hydroxylation is 1. The van der Waals surface area contributed by atoms with Gasteiger partial charge in [-0.3, -0.25) is 4.90 Å². The highest BCUT2D eigenvalue weighted by atomic mass is 15.3. The van der Waals surface area contributed by atoms with E-state index in [1.807, 2.05) is 0 Å². The van der Waals surface area contributed by atoms with Crippen LogP contribution in [0, 0.1) is 6.92 Å². The topological polar surface area (TPSA) is 32.5 Å². The largest absolute Gasteiger partial charge is 0.368 e. The second-order valence-electron chi connectivity index (χ2n) is 6.25. The summed E-state index contributed by atoms with van der Waals surface area (Å²) < 4.78 is 0. The summed E-state index contributed by atoms with van der Waals surface area (Å²) in [5.74, 6) is 0. The summed E-state index contributed by atoms with van der Waals surface area (Å²) in [5.41, 5.74) is 9.96. The average Bonchev–Trinajstić information content (AvgIpc) is 3.01. The predicted molar refractivity (Wildman–Crippen MR) is 85.1 cm³/mol. The van der Waals surface area contributed by atoms with E-state index < -0.39 is 0 Å². The number of rotatable bonds is 3. The molecule has 2 aliphatic rings. The van der Waals surface area contributed by atoms with Crippen molar-refractivity contribution in [2.24, 2.45) is 5.73 Å². The van der Waals surface area contributed by atoms with Crippen molar-refractivity contribution in [1.29, 1.82) is 0 Å². The summed E-state index contributed by atoms with van der Waals surface area (Å²) in [6.45, 7) is 7.56. The van der Waals surface area contributed by atoms with Crippen molar-refractivity contribution in [2.75, 3.05) is 31.1 Å². The van der Waals surface area contributed by atoms with Crippen LogP contribution in [-0.2, 0) is 6.54 Å². The second-order valence-corrected chi connectivity index (χ2v) is 6.25. The number of anilines is 1. The molecule has 3 rings (SSSR count). The van der Waals surface area contributed by atoms with Gasteiger partial charge in [-0.05, 0) is 30.9 Å². The lowest BCUT2D eigenvalue weighted by atomic mass is 10.1. The first kappa shape index (κ1) is 13.9. The van der Waals surface area contributed by atoms with Crippen molar-refractivity contribution in [1.82, 2.24) is 4.90 Å². The standard InChI is InChI=1S/C17H27N3/c1-14-5-4-6-15(13-18)17(14)20-11-9-19(10-12-20)16-7-2-3-8-16/h4-6,16H,2-3,7-13,18H2,1H3. The summed E-state index contributed by atoms with van der Waals surface area (Å²) in [6.07, 6.45) is 5.69. The lowest BCUT2D eigenvalue weighted by Crippen LogP contribution is -2.50. The number of hydrogen-bond donors (Lipinski definition) is 1. The maximum Gasteiger partial charge on any atom is 0.0442 e. The van der Waals surface area contributed by atoms with E-state index in [0.717, 1.165) is 19.1 Å². The zero-order valence-corrected chi connectivity index (χ0v) is 12.6. The summed E-state index contributed by atoms with van der Waals surface area (Å²) in [7, 11) is 0. The zero-order chi connectivity index (χ0) is 13.9. The molecule has 110 valence electrons. The minimum absolute atomic E-state index is 0.639. The third-order valence-corrected chi connectivity index (χ3v) is 5.01. The molecule has 0 bridgehead atoms. The Bertz CT molecular complexity index is 444. The van der Waals surface area contributed by atoms with Gasteiger partial charge >= 0.3 is 0 Å². The molecule has 2 fully saturated rings. The van der Waals surface area contributed by atoms with Gasteiger partial charge in [0.1, 0.15) is 0 Å². The second kappa shape index (κ2) is 6.15. The van der Waals surface area contributed by atoms with Crippen LogP contribution in [0.3, 0.4) is 0 Å². The van der Waals surface area contributed by atoms with E-state index in [1.54, 1.807) is 0 Å². The molecular formula is C17H27N3. The quantitative estimate of drug-likeness (QED) is 0.918. The molecule has 1 heterocycles. The van der Waals surface area contributed by atoms with E-state index >= 15 is 0 Å². The molecule has 0 unspecified atom stereocenters. The van der Waals surface area contributed by atoms with Gasteiger partial charge in [-0.25, -0.2) is 0 Å². The Kier molecular flexibility index (Phi) is 4.27. The van der Waals surface area contributed by atoms with Gasteiger partial charge in [-0.2, -0.15) is 0 Å². The molecule has 2 N–H and O–H groups in total. The summed E-state index contributed by atoms with van der Waals surface area (Å²) in [5, 5.41) is 0. The fraction of sp³-hybridized carbons (Fsp3) is 0.647. The summed E-state index contributed by atoms with van der Waals surface area (Å²) >= 11 is 0. The molecule has 0 atom stereocenters. The molecule has 0 radical (unpaired) electrons. The third kappa shape index (κ3) is 2.70. The predicted octanol–water partition coefficient (Wildman–Crippen LogP) is 2.52. The fourth-order valence-electron chi connectivity index (χ4n) is 3.92. The molecule has 0 aromatic heterocycles. The smallest absolute Gasteiger partial charge is 0.0442 e. The van der Waals surface area contributed by atoms with E-state index in [2.05, 4.69) is 34.9 Å². The minimum Gasteiger partial charge on any atom is -0.368 e. The molecule has 20 heavy (non-hydrogen) atoms. The lowest BCUT2D eigenvalue weighted by molar-refractivity contribution is 0.187. The van der Waals surface area contributed by atoms with Crippen molar-refractivity contribution in [2.45, 2.75) is 45.2 Å². The van der Waals surface area contributed by atoms with Crippen LogP contribution in [-0.4, -0.2) is 37.1 Å². The first-order valence-corrected chi connectivity index (χ1v) is 8.07. The molecule has 3 heteroatoms. The highest BCUT2D eigenvalue weighted by Crippen LogP contribution is 2.28. The van der Waals surface area contributed by atoms with Crippen LogP contribution < -0.4 is 10.6 Å². The normalized spacial score (nSPS) is 21.6. The molecule has 1 aliphatic heterocycles. The first-order valence-electron chi connectivity index (χ1n) is 8.07. The van der Waals surface area contributed by atoms with Gasteiger partial charge in [0.2, 0.25) is 0 Å². The van der Waals surface area contributed by atoms with E-state index in [9.17, 15) is 0 Å². The van der Waals surface area contributed by atoms with Crippen molar-refractivity contribution < 1.29 is 0 Å². The summed E-state index contributed by atoms with van der Waals surface area (Å²) in [6, 6.07) is 7.36. The molecule has 1 aromatic carbocycles. The third-order valence-electron chi connectivity index (χ3n) is 5.01. The molecule has 1 aliphatic carbocycles. The SMILES string of the molecule is Cc1cccc(CN)c1N1CCN(C2CCCC2)CC1. The van der Waals surface area contributed by atoms with Crippen LogP contribution >= 0.6 is 0 Å².